The number of carboxylic acid groups (broad SMARTS) is 1. The number of halogens is 2. The van der Waals surface area contributed by atoms with Gasteiger partial charge >= 0.3 is 5.97 Å². The minimum Gasteiger partial charge on any atom is -0.477 e. The van der Waals surface area contributed by atoms with Crippen LogP contribution in [-0.4, -0.2) is 21.3 Å². The van der Waals surface area contributed by atoms with Crippen LogP contribution in [0.4, 0.5) is 0 Å². The first kappa shape index (κ1) is 21.0. The summed E-state index contributed by atoms with van der Waals surface area (Å²) in [6.07, 6.45) is 0.766. The molecule has 27 heavy (non-hydrogen) atoms. The summed E-state index contributed by atoms with van der Waals surface area (Å²) in [4.78, 5) is 11.8. The van der Waals surface area contributed by atoms with Crippen molar-refractivity contribution in [3.63, 3.8) is 0 Å². The van der Waals surface area contributed by atoms with Gasteiger partial charge in [0, 0.05) is 22.1 Å². The molecule has 4 nitrogen and oxygen atoms in total. The molecule has 142 valence electrons. The largest absolute Gasteiger partial charge is 0.477 e. The molecule has 3 rings (SSSR count). The third-order valence-electron chi connectivity index (χ3n) is 4.69. The Morgan fingerprint density at radius 2 is 1.85 bits per heavy atom. The van der Waals surface area contributed by atoms with Crippen LogP contribution in [0, 0.1) is 13.8 Å². The second kappa shape index (κ2) is 8.59. The molecule has 2 aromatic carbocycles. The third kappa shape index (κ3) is 4.18. The van der Waals surface area contributed by atoms with Crippen LogP contribution in [-0.2, 0) is 0 Å². The Hall–Kier alpha value is -2.30. The molecule has 0 saturated carbocycles. The molecule has 0 aliphatic heterocycles. The molecule has 1 unspecified atom stereocenters. The first-order valence-corrected chi connectivity index (χ1v) is 8.94. The minimum atomic E-state index is -1.00. The molecule has 0 aliphatic carbocycles. The molecule has 1 heterocycles. The fourth-order valence-electron chi connectivity index (χ4n) is 3.27. The van der Waals surface area contributed by atoms with E-state index in [4.69, 9.17) is 11.6 Å². The molecule has 3 aromatic rings. The summed E-state index contributed by atoms with van der Waals surface area (Å²) >= 11 is 6.14. The average Bonchev–Trinajstić information content (AvgIpc) is 3.05. The van der Waals surface area contributed by atoms with E-state index in [9.17, 15) is 9.90 Å². The quantitative estimate of drug-likeness (QED) is 0.546. The topological polar surface area (TPSA) is 66.0 Å². The monoisotopic (exact) mass is 404 g/mol. The van der Waals surface area contributed by atoms with Gasteiger partial charge in [0.15, 0.2) is 0 Å². The molecule has 0 spiro atoms. The zero-order valence-corrected chi connectivity index (χ0v) is 17.0. The van der Waals surface area contributed by atoms with Crippen molar-refractivity contribution >= 4 is 30.0 Å². The number of nitrogens with zero attached hydrogens (tertiary/aromatic N) is 1. The van der Waals surface area contributed by atoms with Crippen molar-refractivity contribution in [2.75, 3.05) is 0 Å². The summed E-state index contributed by atoms with van der Waals surface area (Å²) in [7, 11) is 0. The van der Waals surface area contributed by atoms with Gasteiger partial charge in [-0.2, -0.15) is 5.10 Å². The predicted molar refractivity (Wildman–Crippen MR) is 111 cm³/mol. The van der Waals surface area contributed by atoms with Crippen molar-refractivity contribution < 1.29 is 9.90 Å². The number of nitrogens with one attached hydrogen (secondary N) is 1. The van der Waals surface area contributed by atoms with Crippen molar-refractivity contribution in [2.45, 2.75) is 33.1 Å². The molecule has 1 atom stereocenters. The third-order valence-corrected chi connectivity index (χ3v) is 5.11. The first-order valence-electron chi connectivity index (χ1n) is 8.57. The lowest BCUT2D eigenvalue weighted by molar-refractivity contribution is 0.0689. The molecule has 0 aliphatic rings. The first-order chi connectivity index (χ1) is 12.4. The summed E-state index contributed by atoms with van der Waals surface area (Å²) in [6, 6.07) is 13.8. The molecular formula is C21H22Cl2N2O2. The Bertz CT molecular complexity index is 949. The number of carboxylic acids is 1. The molecule has 2 N–H and O–H groups in total. The van der Waals surface area contributed by atoms with Crippen molar-refractivity contribution in [1.82, 2.24) is 10.2 Å². The smallest absolute Gasteiger partial charge is 0.354 e. The molecule has 6 heteroatoms. The number of hydrogen-bond acceptors (Lipinski definition) is 2. The standard InChI is InChI=1S/C21H21ClN2O2.ClH/c1-4-16(14-7-5-12(2)6-8-14)18-19(23-24-20(18)21(25)26)15-9-10-17(22)13(3)11-15;/h5-11,16H,4H2,1-3H3,(H,23,24)(H,25,26);1H. The Labute approximate surface area is 170 Å². The van der Waals surface area contributed by atoms with Crippen LogP contribution < -0.4 is 0 Å². The van der Waals surface area contributed by atoms with E-state index in [0.717, 1.165) is 23.1 Å². The lowest BCUT2D eigenvalue weighted by atomic mass is 9.85. The van der Waals surface area contributed by atoms with Crippen molar-refractivity contribution in [2.24, 2.45) is 0 Å². The maximum absolute atomic E-state index is 11.8. The number of carbonyl (C=O) groups is 1. The number of H-pyrrole nitrogens is 1. The van der Waals surface area contributed by atoms with Crippen LogP contribution in [0.5, 0.6) is 0 Å². The summed E-state index contributed by atoms with van der Waals surface area (Å²) in [5, 5.41) is 17.4. The number of benzene rings is 2. The molecular weight excluding hydrogens is 383 g/mol. The Kier molecular flexibility index (Phi) is 6.68. The van der Waals surface area contributed by atoms with Gasteiger partial charge in [-0.05, 0) is 43.5 Å². The van der Waals surface area contributed by atoms with Crippen LogP contribution >= 0.6 is 24.0 Å². The van der Waals surface area contributed by atoms with E-state index in [1.165, 1.54) is 5.56 Å². The number of aromatic carboxylic acids is 1. The number of aryl methyl sites for hydroxylation is 2. The number of aromatic amines is 1. The maximum Gasteiger partial charge on any atom is 0.354 e. The van der Waals surface area contributed by atoms with Crippen LogP contribution in [0.2, 0.25) is 5.02 Å². The Morgan fingerprint density at radius 1 is 1.19 bits per heavy atom. The lowest BCUT2D eigenvalue weighted by Gasteiger charge is -2.17. The normalized spacial score (nSPS) is 11.7. The highest BCUT2D eigenvalue weighted by Gasteiger charge is 2.27. The summed E-state index contributed by atoms with van der Waals surface area (Å²) in [6.45, 7) is 6.01. The highest BCUT2D eigenvalue weighted by atomic mass is 35.5. The van der Waals surface area contributed by atoms with Crippen molar-refractivity contribution in [3.05, 3.63) is 75.4 Å². The van der Waals surface area contributed by atoms with Crippen molar-refractivity contribution in [3.8, 4) is 11.3 Å². The Morgan fingerprint density at radius 3 is 2.41 bits per heavy atom. The van der Waals surface area contributed by atoms with E-state index in [1.807, 2.05) is 44.2 Å². The second-order valence-corrected chi connectivity index (χ2v) is 6.91. The van der Waals surface area contributed by atoms with Crippen LogP contribution in [0.3, 0.4) is 0 Å². The minimum absolute atomic E-state index is 0. The lowest BCUT2D eigenvalue weighted by Crippen LogP contribution is -2.08. The van der Waals surface area contributed by atoms with Gasteiger partial charge in [0.2, 0.25) is 0 Å². The van der Waals surface area contributed by atoms with E-state index in [-0.39, 0.29) is 24.0 Å². The van der Waals surface area contributed by atoms with Crippen LogP contribution in [0.15, 0.2) is 42.5 Å². The number of rotatable bonds is 5. The maximum atomic E-state index is 11.8. The molecule has 1 aromatic heterocycles. The van der Waals surface area contributed by atoms with Gasteiger partial charge in [-0.1, -0.05) is 54.4 Å². The fourth-order valence-corrected chi connectivity index (χ4v) is 3.39. The van der Waals surface area contributed by atoms with E-state index in [0.29, 0.717) is 16.3 Å². The fraction of sp³-hybridized carbons (Fsp3) is 0.238. The second-order valence-electron chi connectivity index (χ2n) is 6.50. The SMILES string of the molecule is CCC(c1ccc(C)cc1)c1c(-c2ccc(Cl)c(C)c2)n[nH]c1C(=O)O.Cl. The summed E-state index contributed by atoms with van der Waals surface area (Å²) in [5.74, 6) is -1.07. The van der Waals surface area contributed by atoms with E-state index >= 15 is 0 Å². The van der Waals surface area contributed by atoms with E-state index < -0.39 is 5.97 Å². The van der Waals surface area contributed by atoms with Gasteiger partial charge in [0.05, 0.1) is 5.69 Å². The highest BCUT2D eigenvalue weighted by molar-refractivity contribution is 6.31. The number of hydrogen-bond donors (Lipinski definition) is 2. The van der Waals surface area contributed by atoms with Gasteiger partial charge < -0.3 is 5.11 Å². The van der Waals surface area contributed by atoms with E-state index in [2.05, 4.69) is 29.3 Å². The zero-order chi connectivity index (χ0) is 18.8. The molecule has 0 saturated heterocycles. The molecule has 0 amide bonds. The molecule has 0 fully saturated rings. The van der Waals surface area contributed by atoms with Crippen LogP contribution in [0.1, 0.15) is 52.0 Å². The van der Waals surface area contributed by atoms with Crippen LogP contribution in [0.25, 0.3) is 11.3 Å². The van der Waals surface area contributed by atoms with Gasteiger partial charge in [-0.15, -0.1) is 12.4 Å². The number of aromatic nitrogens is 2. The average molecular weight is 405 g/mol. The predicted octanol–water partition coefficient (Wildman–Crippen LogP) is 6.01. The van der Waals surface area contributed by atoms with Gasteiger partial charge in [0.1, 0.15) is 5.69 Å². The van der Waals surface area contributed by atoms with Gasteiger partial charge in [-0.3, -0.25) is 5.10 Å². The molecule has 0 radical (unpaired) electrons. The van der Waals surface area contributed by atoms with Gasteiger partial charge in [0.25, 0.3) is 0 Å². The molecule has 0 bridgehead atoms. The summed E-state index contributed by atoms with van der Waals surface area (Å²) in [5.41, 5.74) is 5.55. The van der Waals surface area contributed by atoms with E-state index in [1.54, 1.807) is 0 Å². The van der Waals surface area contributed by atoms with Gasteiger partial charge in [-0.25, -0.2) is 4.79 Å². The zero-order valence-electron chi connectivity index (χ0n) is 15.4. The summed E-state index contributed by atoms with van der Waals surface area (Å²) < 4.78 is 0. The highest BCUT2D eigenvalue weighted by Crippen LogP contribution is 2.37. The Balaban J connectivity index is 0.00000261. The van der Waals surface area contributed by atoms with Crippen molar-refractivity contribution in [1.29, 1.82) is 0 Å².